The number of amides is 2. The van der Waals surface area contributed by atoms with E-state index in [1.807, 2.05) is 24.3 Å². The van der Waals surface area contributed by atoms with E-state index in [1.54, 1.807) is 13.4 Å². The molecule has 1 saturated heterocycles. The van der Waals surface area contributed by atoms with Crippen molar-refractivity contribution in [1.29, 1.82) is 0 Å². The van der Waals surface area contributed by atoms with Crippen molar-refractivity contribution in [1.82, 2.24) is 5.32 Å². The zero-order valence-corrected chi connectivity index (χ0v) is 13.3. The van der Waals surface area contributed by atoms with Gasteiger partial charge in [-0.05, 0) is 34.9 Å². The molecule has 2 amide bonds. The molecule has 0 bridgehead atoms. The number of carbonyl (C=O) groups is 2. The second-order valence-corrected chi connectivity index (χ2v) is 6.12. The number of hydrogen-bond donors (Lipinski definition) is 1. The van der Waals surface area contributed by atoms with Crippen LogP contribution in [0, 0.1) is 0 Å². The molecule has 0 radical (unpaired) electrons. The van der Waals surface area contributed by atoms with Gasteiger partial charge in [-0.2, -0.15) is 0 Å². The number of furan rings is 1. The van der Waals surface area contributed by atoms with Crippen LogP contribution in [0.15, 0.2) is 41.0 Å². The van der Waals surface area contributed by atoms with Gasteiger partial charge in [-0.1, -0.05) is 18.2 Å². The zero-order valence-electron chi connectivity index (χ0n) is 13.3. The van der Waals surface area contributed by atoms with Crippen LogP contribution >= 0.6 is 0 Å². The van der Waals surface area contributed by atoms with Crippen LogP contribution in [0.3, 0.4) is 0 Å². The number of nitrogens with one attached hydrogen (secondary N) is 1. The van der Waals surface area contributed by atoms with Crippen LogP contribution in [0.2, 0.25) is 0 Å². The molecule has 0 spiro atoms. The lowest BCUT2D eigenvalue weighted by Gasteiger charge is -2.20. The molecule has 0 aliphatic carbocycles. The summed E-state index contributed by atoms with van der Waals surface area (Å²) in [5.74, 6) is -0.812. The Hall–Kier alpha value is -2.66. The molecule has 1 aromatic heterocycles. The molecule has 5 heteroatoms. The molecule has 24 heavy (non-hydrogen) atoms. The van der Waals surface area contributed by atoms with Gasteiger partial charge in [0.15, 0.2) is 0 Å². The van der Waals surface area contributed by atoms with Crippen molar-refractivity contribution >= 4 is 33.6 Å². The highest BCUT2D eigenvalue weighted by molar-refractivity contribution is 6.10. The largest absolute Gasteiger partial charge is 0.464 e. The molecule has 1 fully saturated rings. The van der Waals surface area contributed by atoms with Gasteiger partial charge in [-0.15, -0.1) is 0 Å². The third-order valence-electron chi connectivity index (χ3n) is 4.57. The Labute approximate surface area is 138 Å². The van der Waals surface area contributed by atoms with E-state index in [-0.39, 0.29) is 17.7 Å². The zero-order chi connectivity index (χ0) is 16.7. The lowest BCUT2D eigenvalue weighted by molar-refractivity contribution is -0.134. The number of ether oxygens (including phenoxy) is 1. The third kappa shape index (κ3) is 2.37. The van der Waals surface area contributed by atoms with Crippen LogP contribution in [-0.2, 0) is 20.9 Å². The Kier molecular flexibility index (Phi) is 3.58. The number of hydrogen-bond acceptors (Lipinski definition) is 4. The number of fused-ring (bicyclic) bond motifs is 3. The fourth-order valence-electron chi connectivity index (χ4n) is 3.44. The first-order chi connectivity index (χ1) is 11.7. The van der Waals surface area contributed by atoms with Crippen molar-refractivity contribution in [2.45, 2.75) is 25.4 Å². The normalized spacial score (nSPS) is 18.3. The minimum absolute atomic E-state index is 0.210. The van der Waals surface area contributed by atoms with E-state index in [0.29, 0.717) is 19.4 Å². The summed E-state index contributed by atoms with van der Waals surface area (Å²) in [6.07, 6.45) is 2.51. The molecule has 0 unspecified atom stereocenters. The van der Waals surface area contributed by atoms with Gasteiger partial charge in [0.1, 0.15) is 5.58 Å². The smallest absolute Gasteiger partial charge is 0.234 e. The highest BCUT2D eigenvalue weighted by Gasteiger charge is 2.30. The highest BCUT2D eigenvalue weighted by atomic mass is 16.5. The van der Waals surface area contributed by atoms with Crippen LogP contribution in [0.25, 0.3) is 21.7 Å². The molecule has 0 saturated carbocycles. The van der Waals surface area contributed by atoms with E-state index in [2.05, 4.69) is 11.4 Å². The van der Waals surface area contributed by atoms with E-state index in [9.17, 15) is 9.59 Å². The number of methoxy groups -OCH3 is 1. The first-order valence-electron chi connectivity index (χ1n) is 7.93. The molecule has 5 nitrogen and oxygen atoms in total. The van der Waals surface area contributed by atoms with Crippen LogP contribution in [0.1, 0.15) is 29.9 Å². The van der Waals surface area contributed by atoms with Crippen molar-refractivity contribution in [2.24, 2.45) is 0 Å². The van der Waals surface area contributed by atoms with Crippen LogP contribution < -0.4 is 5.32 Å². The minimum Gasteiger partial charge on any atom is -0.464 e. The maximum Gasteiger partial charge on any atom is 0.234 e. The highest BCUT2D eigenvalue weighted by Crippen LogP contribution is 2.37. The first kappa shape index (κ1) is 14.9. The van der Waals surface area contributed by atoms with Gasteiger partial charge in [-0.25, -0.2) is 0 Å². The summed E-state index contributed by atoms with van der Waals surface area (Å²) >= 11 is 0. The van der Waals surface area contributed by atoms with E-state index < -0.39 is 0 Å². The molecular formula is C19H17NO4. The van der Waals surface area contributed by atoms with Gasteiger partial charge in [-0.3, -0.25) is 14.9 Å². The van der Waals surface area contributed by atoms with Gasteiger partial charge < -0.3 is 9.15 Å². The van der Waals surface area contributed by atoms with E-state index in [4.69, 9.17) is 9.15 Å². The molecule has 122 valence electrons. The predicted molar refractivity (Wildman–Crippen MR) is 89.6 cm³/mol. The number of benzene rings is 2. The predicted octanol–water partition coefficient (Wildman–Crippen LogP) is 3.25. The van der Waals surface area contributed by atoms with Gasteiger partial charge >= 0.3 is 0 Å². The van der Waals surface area contributed by atoms with Gasteiger partial charge in [0.25, 0.3) is 0 Å². The maximum atomic E-state index is 12.2. The molecule has 2 heterocycles. The fourth-order valence-corrected chi connectivity index (χ4v) is 3.44. The average Bonchev–Trinajstić information content (AvgIpc) is 2.99. The Morgan fingerprint density at radius 2 is 2.12 bits per heavy atom. The fraction of sp³-hybridized carbons (Fsp3) is 0.263. The van der Waals surface area contributed by atoms with Crippen molar-refractivity contribution in [3.05, 3.63) is 47.7 Å². The quantitative estimate of drug-likeness (QED) is 0.751. The summed E-state index contributed by atoms with van der Waals surface area (Å²) in [6.45, 7) is 0.555. The monoisotopic (exact) mass is 323 g/mol. The third-order valence-corrected chi connectivity index (χ3v) is 4.57. The van der Waals surface area contributed by atoms with E-state index in [1.165, 1.54) is 0 Å². The lowest BCUT2D eigenvalue weighted by atomic mass is 9.88. The van der Waals surface area contributed by atoms with Crippen molar-refractivity contribution in [2.75, 3.05) is 7.11 Å². The lowest BCUT2D eigenvalue weighted by Crippen LogP contribution is -2.39. The van der Waals surface area contributed by atoms with E-state index >= 15 is 0 Å². The van der Waals surface area contributed by atoms with Gasteiger partial charge in [0.05, 0.1) is 18.8 Å². The SMILES string of the molecule is COCc1ccc2c(ccc3occ([C@@H]4CCC(=O)NC4=O)c32)c1. The summed E-state index contributed by atoms with van der Waals surface area (Å²) in [5.41, 5.74) is 2.69. The summed E-state index contributed by atoms with van der Waals surface area (Å²) in [6, 6.07) is 10.1. The second-order valence-electron chi connectivity index (χ2n) is 6.12. The van der Waals surface area contributed by atoms with Crippen molar-refractivity contribution in [3.63, 3.8) is 0 Å². The number of rotatable bonds is 3. The Balaban J connectivity index is 1.87. The minimum atomic E-state index is -0.354. The van der Waals surface area contributed by atoms with Gasteiger partial charge in [0, 0.05) is 24.5 Å². The summed E-state index contributed by atoms with van der Waals surface area (Å²) in [4.78, 5) is 23.6. The molecule has 1 aliphatic heterocycles. The Morgan fingerprint density at radius 3 is 2.92 bits per heavy atom. The maximum absolute atomic E-state index is 12.2. The summed E-state index contributed by atoms with van der Waals surface area (Å²) < 4.78 is 10.9. The molecule has 1 N–H and O–H groups in total. The molecule has 1 atom stereocenters. The summed E-state index contributed by atoms with van der Waals surface area (Å²) in [7, 11) is 1.67. The standard InChI is InChI=1S/C19H17NO4/c1-23-9-11-2-4-13-12(8-11)3-6-16-18(13)15(10-24-16)14-5-7-17(21)20-19(14)22/h2-4,6,8,10,14H,5,7,9H2,1H3,(H,20,21,22)/t14-/m0/s1. The molecule has 3 aromatic rings. The van der Waals surface area contributed by atoms with Crippen LogP contribution in [0.4, 0.5) is 0 Å². The van der Waals surface area contributed by atoms with Crippen molar-refractivity contribution in [3.8, 4) is 0 Å². The molecule has 1 aliphatic rings. The van der Waals surface area contributed by atoms with Crippen molar-refractivity contribution < 1.29 is 18.7 Å². The number of imide groups is 1. The number of carbonyl (C=O) groups excluding carboxylic acids is 2. The van der Waals surface area contributed by atoms with Crippen LogP contribution in [0.5, 0.6) is 0 Å². The first-order valence-corrected chi connectivity index (χ1v) is 7.93. The topological polar surface area (TPSA) is 68.5 Å². The van der Waals surface area contributed by atoms with E-state index in [0.717, 1.165) is 32.9 Å². The number of piperidine rings is 1. The van der Waals surface area contributed by atoms with Crippen LogP contribution in [-0.4, -0.2) is 18.9 Å². The average molecular weight is 323 g/mol. The molecule has 4 rings (SSSR count). The Bertz CT molecular complexity index is 957. The molecular weight excluding hydrogens is 306 g/mol. The second kappa shape index (κ2) is 5.76. The van der Waals surface area contributed by atoms with Gasteiger partial charge in [0.2, 0.25) is 11.8 Å². The Morgan fingerprint density at radius 1 is 1.25 bits per heavy atom. The molecule has 2 aromatic carbocycles. The summed E-state index contributed by atoms with van der Waals surface area (Å²) in [5, 5.41) is 5.49.